The molecular formula is C21H33N5O3. The molecule has 1 aromatic rings. The van der Waals surface area contributed by atoms with E-state index < -0.39 is 5.60 Å². The van der Waals surface area contributed by atoms with Crippen LogP contribution >= 0.6 is 0 Å². The van der Waals surface area contributed by atoms with Gasteiger partial charge in [-0.3, -0.25) is 4.79 Å². The number of aromatic nitrogens is 1. The highest BCUT2D eigenvalue weighted by atomic mass is 16.6. The lowest BCUT2D eigenvalue weighted by Crippen LogP contribution is -2.45. The molecule has 2 aliphatic rings. The Morgan fingerprint density at radius 3 is 2.48 bits per heavy atom. The minimum atomic E-state index is -0.538. The van der Waals surface area contributed by atoms with Crippen LogP contribution in [-0.4, -0.2) is 78.7 Å². The Bertz CT molecular complexity index is 708. The lowest BCUT2D eigenvalue weighted by molar-refractivity contribution is -0.121. The molecule has 160 valence electrons. The van der Waals surface area contributed by atoms with E-state index in [1.165, 1.54) is 0 Å². The van der Waals surface area contributed by atoms with Crippen molar-refractivity contribution in [2.45, 2.75) is 39.2 Å². The van der Waals surface area contributed by atoms with Crippen molar-refractivity contribution in [3.05, 3.63) is 18.3 Å². The third-order valence-electron chi connectivity index (χ3n) is 5.29. The number of pyridine rings is 1. The molecule has 2 saturated heterocycles. The van der Waals surface area contributed by atoms with Crippen LogP contribution in [0.25, 0.3) is 0 Å². The monoisotopic (exact) mass is 403 g/mol. The molecule has 29 heavy (non-hydrogen) atoms. The second-order valence-electron chi connectivity index (χ2n) is 8.95. The maximum Gasteiger partial charge on any atom is 0.410 e. The highest BCUT2D eigenvalue weighted by Crippen LogP contribution is 2.22. The van der Waals surface area contributed by atoms with E-state index in [0.717, 1.165) is 44.8 Å². The number of piperidine rings is 1. The average Bonchev–Trinajstić information content (AvgIpc) is 2.68. The zero-order chi connectivity index (χ0) is 21.0. The van der Waals surface area contributed by atoms with Gasteiger partial charge in [-0.2, -0.15) is 0 Å². The van der Waals surface area contributed by atoms with Gasteiger partial charge < -0.3 is 24.8 Å². The Morgan fingerprint density at radius 2 is 1.86 bits per heavy atom. The summed E-state index contributed by atoms with van der Waals surface area (Å²) < 4.78 is 5.44. The van der Waals surface area contributed by atoms with Crippen molar-refractivity contribution in [1.82, 2.24) is 14.8 Å². The summed E-state index contributed by atoms with van der Waals surface area (Å²) in [6.45, 7) is 10.5. The van der Waals surface area contributed by atoms with Gasteiger partial charge in [-0.15, -0.1) is 0 Å². The number of hydrogen-bond donors (Lipinski definition) is 1. The molecule has 0 spiro atoms. The number of amides is 2. The first-order valence-electron chi connectivity index (χ1n) is 10.4. The molecule has 1 unspecified atom stereocenters. The molecule has 8 nitrogen and oxygen atoms in total. The van der Waals surface area contributed by atoms with Crippen LogP contribution in [0.5, 0.6) is 0 Å². The number of likely N-dealkylation sites (N-methyl/N-ethyl adjacent to an activating group) is 1. The Kier molecular flexibility index (Phi) is 6.62. The van der Waals surface area contributed by atoms with Crippen molar-refractivity contribution in [1.29, 1.82) is 0 Å². The number of likely N-dealkylation sites (tertiary alicyclic amines) is 1. The minimum absolute atomic E-state index is 0.0765. The van der Waals surface area contributed by atoms with E-state index in [-0.39, 0.29) is 17.9 Å². The molecule has 1 aromatic heterocycles. The summed E-state index contributed by atoms with van der Waals surface area (Å²) in [5.41, 5.74) is 0.144. The fourth-order valence-electron chi connectivity index (χ4n) is 3.61. The number of rotatable bonds is 3. The quantitative estimate of drug-likeness (QED) is 0.835. The summed E-state index contributed by atoms with van der Waals surface area (Å²) in [5.74, 6) is 0.617. The zero-order valence-corrected chi connectivity index (χ0v) is 18.0. The number of nitrogens with one attached hydrogen (secondary N) is 1. The Balaban J connectivity index is 1.53. The SMILES string of the molecule is CN1CCN(c2ccc(NC(=O)C3CCCN(C(=O)OC(C)(C)C)C3)cn2)CC1. The van der Waals surface area contributed by atoms with Crippen LogP contribution in [0.4, 0.5) is 16.3 Å². The summed E-state index contributed by atoms with van der Waals surface area (Å²) in [6.07, 6.45) is 2.91. The second kappa shape index (κ2) is 8.98. The van der Waals surface area contributed by atoms with Gasteiger partial charge in [0.1, 0.15) is 11.4 Å². The molecule has 0 saturated carbocycles. The summed E-state index contributed by atoms with van der Waals surface area (Å²) in [7, 11) is 2.12. The van der Waals surface area contributed by atoms with Crippen LogP contribution in [0, 0.1) is 5.92 Å². The van der Waals surface area contributed by atoms with E-state index in [4.69, 9.17) is 4.74 Å². The predicted octanol–water partition coefficient (Wildman–Crippen LogP) is 2.42. The summed E-state index contributed by atoms with van der Waals surface area (Å²) in [5, 5.41) is 2.95. The second-order valence-corrected chi connectivity index (χ2v) is 8.95. The van der Waals surface area contributed by atoms with Gasteiger partial charge in [-0.1, -0.05) is 0 Å². The first kappa shape index (κ1) is 21.4. The molecular weight excluding hydrogens is 370 g/mol. The number of anilines is 2. The van der Waals surface area contributed by atoms with Gasteiger partial charge in [0.25, 0.3) is 0 Å². The van der Waals surface area contributed by atoms with E-state index in [1.807, 2.05) is 32.9 Å². The Hall–Kier alpha value is -2.35. The topological polar surface area (TPSA) is 78.0 Å². The third kappa shape index (κ3) is 6.06. The number of carbonyl (C=O) groups is 2. The van der Waals surface area contributed by atoms with Crippen molar-refractivity contribution >= 4 is 23.5 Å². The molecule has 3 heterocycles. The summed E-state index contributed by atoms with van der Waals surface area (Å²) in [6, 6.07) is 3.85. The van der Waals surface area contributed by atoms with E-state index >= 15 is 0 Å². The molecule has 0 radical (unpaired) electrons. The van der Waals surface area contributed by atoms with Crippen LogP contribution in [0.3, 0.4) is 0 Å². The highest BCUT2D eigenvalue weighted by Gasteiger charge is 2.31. The molecule has 1 N–H and O–H groups in total. The van der Waals surface area contributed by atoms with Crippen LogP contribution in [0.1, 0.15) is 33.6 Å². The normalized spacial score (nSPS) is 21.0. The van der Waals surface area contributed by atoms with Gasteiger partial charge in [0, 0.05) is 39.3 Å². The largest absolute Gasteiger partial charge is 0.444 e. The molecule has 0 aliphatic carbocycles. The third-order valence-corrected chi connectivity index (χ3v) is 5.29. The van der Waals surface area contributed by atoms with E-state index in [0.29, 0.717) is 18.8 Å². The Labute approximate surface area is 173 Å². The minimum Gasteiger partial charge on any atom is -0.444 e. The van der Waals surface area contributed by atoms with Gasteiger partial charge in [-0.25, -0.2) is 9.78 Å². The molecule has 8 heteroatoms. The molecule has 0 bridgehead atoms. The first-order chi connectivity index (χ1) is 13.7. The number of piperazine rings is 1. The van der Waals surface area contributed by atoms with Crippen LogP contribution in [0.15, 0.2) is 18.3 Å². The van der Waals surface area contributed by atoms with Gasteiger partial charge in [0.15, 0.2) is 0 Å². The van der Waals surface area contributed by atoms with Gasteiger partial charge in [0.2, 0.25) is 5.91 Å². The van der Waals surface area contributed by atoms with Crippen LogP contribution in [0.2, 0.25) is 0 Å². The number of hydrogen-bond acceptors (Lipinski definition) is 6. The molecule has 2 aliphatic heterocycles. The van der Waals surface area contributed by atoms with Crippen molar-refractivity contribution in [2.24, 2.45) is 5.92 Å². The fourth-order valence-corrected chi connectivity index (χ4v) is 3.61. The summed E-state index contributed by atoms with van der Waals surface area (Å²) in [4.78, 5) is 35.7. The molecule has 2 fully saturated rings. The standard InChI is InChI=1S/C21H33N5O3/c1-21(2,3)29-20(28)26-9-5-6-16(15-26)19(27)23-17-7-8-18(22-14-17)25-12-10-24(4)11-13-25/h7-8,14,16H,5-6,9-13,15H2,1-4H3,(H,23,27). The maximum absolute atomic E-state index is 12.7. The number of nitrogens with zero attached hydrogens (tertiary/aromatic N) is 4. The predicted molar refractivity (Wildman–Crippen MR) is 113 cm³/mol. The Morgan fingerprint density at radius 1 is 1.14 bits per heavy atom. The van der Waals surface area contributed by atoms with Crippen LogP contribution in [-0.2, 0) is 9.53 Å². The van der Waals surface area contributed by atoms with Crippen molar-refractivity contribution in [3.8, 4) is 0 Å². The van der Waals surface area contributed by atoms with E-state index in [9.17, 15) is 9.59 Å². The fraction of sp³-hybridized carbons (Fsp3) is 0.667. The number of carbonyl (C=O) groups excluding carboxylic acids is 2. The molecule has 0 aromatic carbocycles. The zero-order valence-electron chi connectivity index (χ0n) is 18.0. The first-order valence-corrected chi connectivity index (χ1v) is 10.4. The lowest BCUT2D eigenvalue weighted by Gasteiger charge is -2.33. The van der Waals surface area contributed by atoms with E-state index in [1.54, 1.807) is 11.1 Å². The molecule has 3 rings (SSSR count). The van der Waals surface area contributed by atoms with Gasteiger partial charge in [0.05, 0.1) is 17.8 Å². The van der Waals surface area contributed by atoms with Crippen molar-refractivity contribution < 1.29 is 14.3 Å². The molecule has 2 amide bonds. The maximum atomic E-state index is 12.7. The van der Waals surface area contributed by atoms with Crippen LogP contribution < -0.4 is 10.2 Å². The highest BCUT2D eigenvalue weighted by molar-refractivity contribution is 5.93. The number of ether oxygens (including phenoxy) is 1. The van der Waals surface area contributed by atoms with Crippen molar-refractivity contribution in [3.63, 3.8) is 0 Å². The lowest BCUT2D eigenvalue weighted by atomic mass is 9.97. The van der Waals surface area contributed by atoms with Gasteiger partial charge in [-0.05, 0) is 52.8 Å². The van der Waals surface area contributed by atoms with Crippen molar-refractivity contribution in [2.75, 3.05) is 56.5 Å². The van der Waals surface area contributed by atoms with Gasteiger partial charge >= 0.3 is 6.09 Å². The summed E-state index contributed by atoms with van der Waals surface area (Å²) >= 11 is 0. The average molecular weight is 404 g/mol. The van der Waals surface area contributed by atoms with E-state index in [2.05, 4.69) is 27.1 Å². The molecule has 1 atom stereocenters. The smallest absolute Gasteiger partial charge is 0.410 e.